The third kappa shape index (κ3) is 2.13. The molecule has 1 N–H and O–H groups in total. The van der Waals surface area contributed by atoms with Crippen molar-refractivity contribution in [2.45, 2.75) is 33.8 Å². The van der Waals surface area contributed by atoms with Gasteiger partial charge in [0.2, 0.25) is 0 Å². The Hall–Kier alpha value is -0.890. The summed E-state index contributed by atoms with van der Waals surface area (Å²) in [6, 6.07) is 5.11. The number of aliphatic hydroxyl groups excluding tert-OH is 1. The average Bonchev–Trinajstić information content (AvgIpc) is 2.07. The Balaban J connectivity index is 3.14. The molecule has 1 nitrogen and oxygen atoms in total. The fourth-order valence-electron chi connectivity index (χ4n) is 1.35. The lowest BCUT2D eigenvalue weighted by Gasteiger charge is -2.26. The highest BCUT2D eigenvalue weighted by atomic mass is 19.1. The Bertz CT molecular complexity index is 326. The van der Waals surface area contributed by atoms with Crippen molar-refractivity contribution in [1.82, 2.24) is 0 Å². The fraction of sp³-hybridized carbons (Fsp3) is 0.500. The Labute approximate surface area is 84.6 Å². The Morgan fingerprint density at radius 2 is 1.86 bits per heavy atom. The number of aliphatic hydroxyl groups is 1. The van der Waals surface area contributed by atoms with Crippen LogP contribution in [0.1, 0.15) is 38.0 Å². The van der Waals surface area contributed by atoms with E-state index in [1.54, 1.807) is 25.1 Å². The minimum atomic E-state index is -0.762. The van der Waals surface area contributed by atoms with Crippen LogP contribution in [0.15, 0.2) is 18.2 Å². The van der Waals surface area contributed by atoms with E-state index in [2.05, 4.69) is 0 Å². The third-order valence-corrected chi connectivity index (χ3v) is 2.34. The molecule has 1 aromatic rings. The summed E-state index contributed by atoms with van der Waals surface area (Å²) in [5.41, 5.74) is 0.623. The maximum Gasteiger partial charge on any atom is 0.131 e. The second-order valence-electron chi connectivity index (χ2n) is 4.75. The van der Waals surface area contributed by atoms with Gasteiger partial charge >= 0.3 is 0 Å². The molecule has 1 unspecified atom stereocenters. The van der Waals surface area contributed by atoms with Crippen molar-refractivity contribution in [1.29, 1.82) is 0 Å². The highest BCUT2D eigenvalue weighted by molar-refractivity contribution is 5.27. The third-order valence-electron chi connectivity index (χ3n) is 2.34. The van der Waals surface area contributed by atoms with Crippen LogP contribution in [0, 0.1) is 18.2 Å². The van der Waals surface area contributed by atoms with Crippen LogP contribution in [-0.4, -0.2) is 5.11 Å². The standard InChI is InChI=1S/C12H17FO/c1-8-6-5-7-9(10(8)13)11(14)12(2,3)4/h5-7,11,14H,1-4H3. The lowest BCUT2D eigenvalue weighted by atomic mass is 9.84. The van der Waals surface area contributed by atoms with Gasteiger partial charge in [-0.15, -0.1) is 0 Å². The molecular formula is C12H17FO. The Morgan fingerprint density at radius 1 is 1.29 bits per heavy atom. The van der Waals surface area contributed by atoms with Gasteiger partial charge in [0.1, 0.15) is 5.82 Å². The molecule has 0 heterocycles. The lowest BCUT2D eigenvalue weighted by Crippen LogP contribution is -2.19. The summed E-state index contributed by atoms with van der Waals surface area (Å²) in [6.07, 6.45) is -0.762. The van der Waals surface area contributed by atoms with E-state index in [1.165, 1.54) is 0 Å². The molecule has 0 saturated heterocycles. The topological polar surface area (TPSA) is 20.2 Å². The molecule has 0 fully saturated rings. The first-order valence-electron chi connectivity index (χ1n) is 4.77. The summed E-state index contributed by atoms with van der Waals surface area (Å²) in [5, 5.41) is 9.92. The second-order valence-corrected chi connectivity index (χ2v) is 4.75. The number of hydrogen-bond donors (Lipinski definition) is 1. The molecule has 0 aliphatic rings. The summed E-state index contributed by atoms with van der Waals surface area (Å²) in [4.78, 5) is 0. The first-order valence-corrected chi connectivity index (χ1v) is 4.77. The summed E-state index contributed by atoms with van der Waals surface area (Å²) >= 11 is 0. The van der Waals surface area contributed by atoms with Crippen molar-refractivity contribution < 1.29 is 9.50 Å². The number of aryl methyl sites for hydroxylation is 1. The van der Waals surface area contributed by atoms with Crippen LogP contribution in [0.3, 0.4) is 0 Å². The molecule has 1 aromatic carbocycles. The zero-order valence-corrected chi connectivity index (χ0v) is 9.13. The number of hydrogen-bond acceptors (Lipinski definition) is 1. The molecule has 1 atom stereocenters. The molecule has 14 heavy (non-hydrogen) atoms. The van der Waals surface area contributed by atoms with Crippen molar-refractivity contribution in [3.63, 3.8) is 0 Å². The summed E-state index contributed by atoms with van der Waals surface area (Å²) in [7, 11) is 0. The summed E-state index contributed by atoms with van der Waals surface area (Å²) in [6.45, 7) is 7.37. The second kappa shape index (κ2) is 3.70. The molecule has 2 heteroatoms. The van der Waals surface area contributed by atoms with Gasteiger partial charge < -0.3 is 5.11 Å². The average molecular weight is 196 g/mol. The van der Waals surface area contributed by atoms with E-state index < -0.39 is 6.10 Å². The highest BCUT2D eigenvalue weighted by Crippen LogP contribution is 2.34. The fourth-order valence-corrected chi connectivity index (χ4v) is 1.35. The largest absolute Gasteiger partial charge is 0.388 e. The van der Waals surface area contributed by atoms with E-state index >= 15 is 0 Å². The summed E-state index contributed by atoms with van der Waals surface area (Å²) in [5.74, 6) is -0.296. The number of rotatable bonds is 1. The zero-order valence-electron chi connectivity index (χ0n) is 9.13. The molecule has 0 saturated carbocycles. The first-order chi connectivity index (χ1) is 6.34. The van der Waals surface area contributed by atoms with E-state index in [9.17, 15) is 9.50 Å². The zero-order chi connectivity index (χ0) is 10.9. The van der Waals surface area contributed by atoms with E-state index in [0.29, 0.717) is 11.1 Å². The van der Waals surface area contributed by atoms with Crippen LogP contribution >= 0.6 is 0 Å². The first kappa shape index (κ1) is 11.2. The monoisotopic (exact) mass is 196 g/mol. The predicted molar refractivity (Wildman–Crippen MR) is 55.6 cm³/mol. The Kier molecular flexibility index (Phi) is 2.95. The minimum Gasteiger partial charge on any atom is -0.388 e. The molecule has 0 bridgehead atoms. The highest BCUT2D eigenvalue weighted by Gasteiger charge is 2.26. The normalized spacial score (nSPS) is 14.1. The van der Waals surface area contributed by atoms with Crippen molar-refractivity contribution in [3.8, 4) is 0 Å². The molecule has 78 valence electrons. The SMILES string of the molecule is Cc1cccc(C(O)C(C)(C)C)c1F. The summed E-state index contributed by atoms with van der Waals surface area (Å²) < 4.78 is 13.6. The molecule has 1 rings (SSSR count). The van der Waals surface area contributed by atoms with Crippen LogP contribution in [-0.2, 0) is 0 Å². The molecule has 0 radical (unpaired) electrons. The molecule has 0 aliphatic carbocycles. The van der Waals surface area contributed by atoms with E-state index in [4.69, 9.17) is 0 Å². The van der Waals surface area contributed by atoms with Gasteiger partial charge in [0.15, 0.2) is 0 Å². The molecule has 0 spiro atoms. The number of benzene rings is 1. The van der Waals surface area contributed by atoms with Crippen LogP contribution in [0.25, 0.3) is 0 Å². The van der Waals surface area contributed by atoms with E-state index in [-0.39, 0.29) is 11.2 Å². The van der Waals surface area contributed by atoms with Gasteiger partial charge in [0.05, 0.1) is 6.10 Å². The Morgan fingerprint density at radius 3 is 2.36 bits per heavy atom. The van der Waals surface area contributed by atoms with Crippen molar-refractivity contribution in [2.24, 2.45) is 5.41 Å². The van der Waals surface area contributed by atoms with Gasteiger partial charge in [0.25, 0.3) is 0 Å². The minimum absolute atomic E-state index is 0.296. The van der Waals surface area contributed by atoms with Gasteiger partial charge in [-0.3, -0.25) is 0 Å². The van der Waals surface area contributed by atoms with Crippen LogP contribution in [0.2, 0.25) is 0 Å². The van der Waals surface area contributed by atoms with Gasteiger partial charge in [-0.05, 0) is 17.9 Å². The van der Waals surface area contributed by atoms with Gasteiger partial charge in [-0.2, -0.15) is 0 Å². The predicted octanol–water partition coefficient (Wildman–Crippen LogP) is 3.21. The van der Waals surface area contributed by atoms with Crippen LogP contribution < -0.4 is 0 Å². The van der Waals surface area contributed by atoms with Crippen molar-refractivity contribution >= 4 is 0 Å². The van der Waals surface area contributed by atoms with Crippen LogP contribution in [0.5, 0.6) is 0 Å². The molecular weight excluding hydrogens is 179 g/mol. The smallest absolute Gasteiger partial charge is 0.131 e. The van der Waals surface area contributed by atoms with Crippen molar-refractivity contribution in [3.05, 3.63) is 35.1 Å². The van der Waals surface area contributed by atoms with E-state index in [0.717, 1.165) is 0 Å². The molecule has 0 amide bonds. The quantitative estimate of drug-likeness (QED) is 0.731. The van der Waals surface area contributed by atoms with Gasteiger partial charge in [-0.25, -0.2) is 4.39 Å². The maximum absolute atomic E-state index is 13.6. The van der Waals surface area contributed by atoms with Crippen LogP contribution in [0.4, 0.5) is 4.39 Å². The maximum atomic E-state index is 13.6. The van der Waals surface area contributed by atoms with Gasteiger partial charge in [-0.1, -0.05) is 39.0 Å². The van der Waals surface area contributed by atoms with E-state index in [1.807, 2.05) is 20.8 Å². The van der Waals surface area contributed by atoms with Crippen molar-refractivity contribution in [2.75, 3.05) is 0 Å². The molecule has 0 aromatic heterocycles. The lowest BCUT2D eigenvalue weighted by molar-refractivity contribution is 0.0594. The molecule has 0 aliphatic heterocycles. The number of halogens is 1. The van der Waals surface area contributed by atoms with Gasteiger partial charge in [0, 0.05) is 5.56 Å².